The van der Waals surface area contributed by atoms with Crippen LogP contribution in [0.15, 0.2) is 42.5 Å². The quantitative estimate of drug-likeness (QED) is 0.816. The molecular weight excluding hydrogens is 351 g/mol. The molecule has 126 valence electrons. The Morgan fingerprint density at radius 1 is 1.08 bits per heavy atom. The molecule has 0 saturated carbocycles. The number of ether oxygens (including phenoxy) is 1. The van der Waals surface area contributed by atoms with E-state index in [1.54, 1.807) is 18.2 Å². The van der Waals surface area contributed by atoms with Crippen molar-refractivity contribution in [2.24, 2.45) is 0 Å². The molecule has 7 heteroatoms. The number of rotatable bonds is 5. The van der Waals surface area contributed by atoms with Crippen LogP contribution in [0.25, 0.3) is 0 Å². The molecule has 0 aliphatic carbocycles. The van der Waals surface area contributed by atoms with Gasteiger partial charge in [-0.15, -0.1) is 0 Å². The van der Waals surface area contributed by atoms with Gasteiger partial charge in [0.15, 0.2) is 6.61 Å². The van der Waals surface area contributed by atoms with Crippen LogP contribution < -0.4 is 10.2 Å². The van der Waals surface area contributed by atoms with Gasteiger partial charge in [0.2, 0.25) is 0 Å². The first-order chi connectivity index (χ1) is 11.4. The van der Waals surface area contributed by atoms with E-state index in [4.69, 9.17) is 27.9 Å². The molecule has 0 aromatic heterocycles. The highest BCUT2D eigenvalue weighted by Crippen LogP contribution is 2.21. The molecular formula is C17H16Cl2N2O3. The van der Waals surface area contributed by atoms with Gasteiger partial charge in [-0.3, -0.25) is 4.79 Å². The Hall–Kier alpha value is -2.24. The lowest BCUT2D eigenvalue weighted by Crippen LogP contribution is -2.21. The lowest BCUT2D eigenvalue weighted by Gasteiger charge is -2.13. The van der Waals surface area contributed by atoms with E-state index in [9.17, 15) is 9.59 Å². The molecule has 0 fully saturated rings. The highest BCUT2D eigenvalue weighted by atomic mass is 35.5. The molecule has 1 N–H and O–H groups in total. The summed E-state index contributed by atoms with van der Waals surface area (Å²) in [6, 6.07) is 11.7. The first kappa shape index (κ1) is 18.1. The Balaban J connectivity index is 1.90. The monoisotopic (exact) mass is 366 g/mol. The molecule has 0 radical (unpaired) electrons. The van der Waals surface area contributed by atoms with Crippen molar-refractivity contribution in [3.05, 3.63) is 58.1 Å². The zero-order valence-electron chi connectivity index (χ0n) is 13.2. The molecule has 2 rings (SSSR count). The summed E-state index contributed by atoms with van der Waals surface area (Å²) in [6.45, 7) is -0.420. The third kappa shape index (κ3) is 4.88. The number of hydrogen-bond acceptors (Lipinski definition) is 4. The first-order valence-corrected chi connectivity index (χ1v) is 7.82. The number of amides is 1. The molecule has 5 nitrogen and oxygen atoms in total. The third-order valence-corrected chi connectivity index (χ3v) is 3.71. The van der Waals surface area contributed by atoms with Crippen LogP contribution in [0.2, 0.25) is 10.0 Å². The van der Waals surface area contributed by atoms with Crippen molar-refractivity contribution in [3.63, 3.8) is 0 Å². The predicted molar refractivity (Wildman–Crippen MR) is 96.1 cm³/mol. The van der Waals surface area contributed by atoms with Crippen molar-refractivity contribution < 1.29 is 14.3 Å². The summed E-state index contributed by atoms with van der Waals surface area (Å²) in [5, 5.41) is 3.22. The maximum Gasteiger partial charge on any atom is 0.340 e. The van der Waals surface area contributed by atoms with Crippen LogP contribution in [0, 0.1) is 0 Å². The summed E-state index contributed by atoms with van der Waals surface area (Å²) >= 11 is 11.7. The van der Waals surface area contributed by atoms with Crippen molar-refractivity contribution >= 4 is 46.5 Å². The van der Waals surface area contributed by atoms with Gasteiger partial charge >= 0.3 is 5.97 Å². The summed E-state index contributed by atoms with van der Waals surface area (Å²) in [5.74, 6) is -1.15. The largest absolute Gasteiger partial charge is 0.452 e. The van der Waals surface area contributed by atoms with Gasteiger partial charge < -0.3 is 15.0 Å². The smallest absolute Gasteiger partial charge is 0.340 e. The van der Waals surface area contributed by atoms with Gasteiger partial charge in [-0.05, 0) is 42.5 Å². The van der Waals surface area contributed by atoms with Crippen molar-refractivity contribution in [3.8, 4) is 0 Å². The van der Waals surface area contributed by atoms with Gasteiger partial charge in [0.05, 0.1) is 10.6 Å². The maximum atomic E-state index is 11.9. The zero-order valence-corrected chi connectivity index (χ0v) is 14.7. The van der Waals surface area contributed by atoms with Gasteiger partial charge in [-0.2, -0.15) is 0 Å². The first-order valence-electron chi connectivity index (χ1n) is 7.06. The van der Waals surface area contributed by atoms with E-state index in [1.807, 2.05) is 31.1 Å². The number of halogens is 2. The Labute approximate surface area is 150 Å². The standard InChI is InChI=1S/C17H16Cl2N2O3/c1-21(2)13-6-4-12(5-7-13)20-16(22)10-24-17(23)14-9-11(18)3-8-15(14)19/h3-9H,10H2,1-2H3,(H,20,22). The second kappa shape index (κ2) is 8.04. The van der Waals surface area contributed by atoms with E-state index in [0.29, 0.717) is 10.7 Å². The van der Waals surface area contributed by atoms with Crippen LogP contribution >= 0.6 is 23.2 Å². The number of carbonyl (C=O) groups excluding carboxylic acids is 2. The van der Waals surface area contributed by atoms with Crippen molar-refractivity contribution in [2.45, 2.75) is 0 Å². The molecule has 0 spiro atoms. The molecule has 1 amide bonds. The second-order valence-electron chi connectivity index (χ2n) is 5.19. The average molecular weight is 367 g/mol. The predicted octanol–water partition coefficient (Wildman–Crippen LogP) is 3.85. The SMILES string of the molecule is CN(C)c1ccc(NC(=O)COC(=O)c2cc(Cl)ccc2Cl)cc1. The lowest BCUT2D eigenvalue weighted by atomic mass is 10.2. The summed E-state index contributed by atoms with van der Waals surface area (Å²) in [7, 11) is 3.85. The van der Waals surface area contributed by atoms with Gasteiger partial charge in [0.1, 0.15) is 0 Å². The van der Waals surface area contributed by atoms with Gasteiger partial charge in [-0.25, -0.2) is 4.79 Å². The van der Waals surface area contributed by atoms with Gasteiger partial charge in [0, 0.05) is 30.5 Å². The lowest BCUT2D eigenvalue weighted by molar-refractivity contribution is -0.119. The molecule has 2 aromatic rings. The van der Waals surface area contributed by atoms with Crippen LogP contribution in [0.5, 0.6) is 0 Å². The second-order valence-corrected chi connectivity index (χ2v) is 6.03. The minimum atomic E-state index is -0.708. The molecule has 0 aliphatic rings. The fourth-order valence-corrected chi connectivity index (χ4v) is 2.27. The minimum absolute atomic E-state index is 0.118. The van der Waals surface area contributed by atoms with E-state index >= 15 is 0 Å². The number of benzene rings is 2. The summed E-state index contributed by atoms with van der Waals surface area (Å²) < 4.78 is 4.96. The van der Waals surface area contributed by atoms with Crippen molar-refractivity contribution in [1.82, 2.24) is 0 Å². The van der Waals surface area contributed by atoms with Crippen LogP contribution in [0.4, 0.5) is 11.4 Å². The number of anilines is 2. The molecule has 24 heavy (non-hydrogen) atoms. The number of hydrogen-bond donors (Lipinski definition) is 1. The van der Waals surface area contributed by atoms with Crippen LogP contribution in [-0.2, 0) is 9.53 Å². The number of nitrogens with zero attached hydrogens (tertiary/aromatic N) is 1. The summed E-state index contributed by atoms with van der Waals surface area (Å²) in [5.41, 5.74) is 1.74. The van der Waals surface area contributed by atoms with Crippen LogP contribution in [0.3, 0.4) is 0 Å². The molecule has 2 aromatic carbocycles. The average Bonchev–Trinajstić information content (AvgIpc) is 2.55. The Bertz CT molecular complexity index is 746. The fourth-order valence-electron chi connectivity index (χ4n) is 1.90. The number of esters is 1. The zero-order chi connectivity index (χ0) is 17.7. The van der Waals surface area contributed by atoms with Crippen LogP contribution in [-0.4, -0.2) is 32.6 Å². The number of carbonyl (C=O) groups is 2. The molecule has 0 unspecified atom stereocenters. The highest BCUT2D eigenvalue weighted by Gasteiger charge is 2.14. The van der Waals surface area contributed by atoms with E-state index < -0.39 is 18.5 Å². The summed E-state index contributed by atoms with van der Waals surface area (Å²) in [4.78, 5) is 25.8. The Morgan fingerprint density at radius 2 is 1.75 bits per heavy atom. The normalized spacial score (nSPS) is 10.2. The molecule has 0 heterocycles. The summed E-state index contributed by atoms with van der Waals surface area (Å²) in [6.07, 6.45) is 0. The molecule has 0 bridgehead atoms. The van der Waals surface area contributed by atoms with Crippen LogP contribution in [0.1, 0.15) is 10.4 Å². The topological polar surface area (TPSA) is 58.6 Å². The van der Waals surface area contributed by atoms with E-state index in [2.05, 4.69) is 5.32 Å². The Morgan fingerprint density at radius 3 is 2.38 bits per heavy atom. The minimum Gasteiger partial charge on any atom is -0.452 e. The molecule has 0 saturated heterocycles. The van der Waals surface area contributed by atoms with E-state index in [0.717, 1.165) is 5.69 Å². The fraction of sp³-hybridized carbons (Fsp3) is 0.176. The highest BCUT2D eigenvalue weighted by molar-refractivity contribution is 6.35. The van der Waals surface area contributed by atoms with Gasteiger partial charge in [-0.1, -0.05) is 23.2 Å². The maximum absolute atomic E-state index is 11.9. The molecule has 0 atom stereocenters. The van der Waals surface area contributed by atoms with Crippen molar-refractivity contribution in [1.29, 1.82) is 0 Å². The molecule has 0 aliphatic heterocycles. The number of nitrogens with one attached hydrogen (secondary N) is 1. The van der Waals surface area contributed by atoms with Crippen molar-refractivity contribution in [2.75, 3.05) is 30.9 Å². The third-order valence-electron chi connectivity index (χ3n) is 3.15. The van der Waals surface area contributed by atoms with Gasteiger partial charge in [0.25, 0.3) is 5.91 Å². The van der Waals surface area contributed by atoms with E-state index in [-0.39, 0.29) is 10.6 Å². The van der Waals surface area contributed by atoms with E-state index in [1.165, 1.54) is 12.1 Å². The Kier molecular flexibility index (Phi) is 6.06.